The Labute approximate surface area is 149 Å². The lowest BCUT2D eigenvalue weighted by atomic mass is 10.0. The summed E-state index contributed by atoms with van der Waals surface area (Å²) >= 11 is 3.17. The lowest BCUT2D eigenvalue weighted by Crippen LogP contribution is -2.37. The molecule has 0 bridgehead atoms. The van der Waals surface area contributed by atoms with Gasteiger partial charge in [-0.2, -0.15) is 0 Å². The van der Waals surface area contributed by atoms with E-state index < -0.39 is 29.3 Å². The predicted octanol–water partition coefficient (Wildman–Crippen LogP) is 2.99. The van der Waals surface area contributed by atoms with Crippen LogP contribution in [0.3, 0.4) is 0 Å². The summed E-state index contributed by atoms with van der Waals surface area (Å²) in [6, 6.07) is 2.31. The molecule has 24 heavy (non-hydrogen) atoms. The maximum absolute atomic E-state index is 13.2. The SMILES string of the molecule is C=C(NC(C#CC(C)(C)O)/C=C\Br)C(N)Cc1cc(F)cc(F)c1. The normalized spacial score (nSPS) is 14.0. The van der Waals surface area contributed by atoms with Gasteiger partial charge in [-0.25, -0.2) is 8.78 Å². The van der Waals surface area contributed by atoms with Crippen molar-refractivity contribution < 1.29 is 13.9 Å². The first-order valence-corrected chi connectivity index (χ1v) is 8.20. The first-order valence-electron chi connectivity index (χ1n) is 7.28. The number of hydrogen-bond acceptors (Lipinski definition) is 3. The van der Waals surface area contributed by atoms with Gasteiger partial charge in [0.05, 0.1) is 0 Å². The van der Waals surface area contributed by atoms with E-state index >= 15 is 0 Å². The fourth-order valence-electron chi connectivity index (χ4n) is 1.87. The Kier molecular flexibility index (Phi) is 7.61. The monoisotopic (exact) mass is 398 g/mol. The Morgan fingerprint density at radius 2 is 2.00 bits per heavy atom. The Morgan fingerprint density at radius 1 is 1.42 bits per heavy atom. The smallest absolute Gasteiger partial charge is 0.126 e. The number of nitrogens with one attached hydrogen (secondary N) is 1. The van der Waals surface area contributed by atoms with Gasteiger partial charge >= 0.3 is 0 Å². The van der Waals surface area contributed by atoms with Gasteiger partial charge < -0.3 is 16.2 Å². The summed E-state index contributed by atoms with van der Waals surface area (Å²) in [4.78, 5) is 1.63. The zero-order chi connectivity index (χ0) is 18.3. The molecule has 0 aromatic heterocycles. The van der Waals surface area contributed by atoms with E-state index in [4.69, 9.17) is 5.73 Å². The third kappa shape index (κ3) is 7.73. The van der Waals surface area contributed by atoms with Crippen molar-refractivity contribution >= 4 is 15.9 Å². The van der Waals surface area contributed by atoms with Gasteiger partial charge in [-0.3, -0.25) is 0 Å². The molecule has 2 atom stereocenters. The zero-order valence-electron chi connectivity index (χ0n) is 13.6. The molecule has 0 aliphatic rings. The maximum atomic E-state index is 13.2. The topological polar surface area (TPSA) is 58.3 Å². The van der Waals surface area contributed by atoms with Crippen molar-refractivity contribution in [2.75, 3.05) is 0 Å². The molecule has 4 N–H and O–H groups in total. The second-order valence-electron chi connectivity index (χ2n) is 5.88. The van der Waals surface area contributed by atoms with E-state index in [0.717, 1.165) is 6.07 Å². The molecular formula is C18H21BrF2N2O. The number of halogens is 3. The van der Waals surface area contributed by atoms with Gasteiger partial charge in [-0.15, -0.1) is 0 Å². The van der Waals surface area contributed by atoms with Crippen LogP contribution in [0.25, 0.3) is 0 Å². The molecule has 1 aromatic carbocycles. The minimum absolute atomic E-state index is 0.226. The van der Waals surface area contributed by atoms with Gasteiger partial charge in [0.15, 0.2) is 0 Å². The van der Waals surface area contributed by atoms with Gasteiger partial charge in [0.2, 0.25) is 0 Å². The van der Waals surface area contributed by atoms with Gasteiger partial charge in [0, 0.05) is 17.8 Å². The standard InChI is InChI=1S/C18H21BrF2N2O/c1-12(23-16(5-7-19)4-6-18(2,3)24)17(22)10-13-8-14(20)11-15(21)9-13/h5,7-9,11,16-17,23-24H,1,10,22H2,2-3H3/b7-5-. The molecule has 0 spiro atoms. The molecule has 0 fully saturated rings. The van der Waals surface area contributed by atoms with Crippen LogP contribution < -0.4 is 11.1 Å². The molecule has 0 saturated heterocycles. The van der Waals surface area contributed by atoms with Crippen molar-refractivity contribution in [1.29, 1.82) is 0 Å². The molecule has 0 aliphatic heterocycles. The summed E-state index contributed by atoms with van der Waals surface area (Å²) in [5.41, 5.74) is 5.83. The van der Waals surface area contributed by atoms with Crippen LogP contribution in [0.4, 0.5) is 8.78 Å². The highest BCUT2D eigenvalue weighted by Gasteiger charge is 2.13. The van der Waals surface area contributed by atoms with E-state index in [0.29, 0.717) is 11.3 Å². The van der Waals surface area contributed by atoms with Gasteiger partial charge in [0.25, 0.3) is 0 Å². The van der Waals surface area contributed by atoms with Crippen LogP contribution >= 0.6 is 15.9 Å². The average molecular weight is 399 g/mol. The largest absolute Gasteiger partial charge is 0.378 e. The van der Waals surface area contributed by atoms with Gasteiger partial charge in [-0.05, 0) is 49.0 Å². The minimum Gasteiger partial charge on any atom is -0.378 e. The molecular weight excluding hydrogens is 378 g/mol. The molecule has 1 aromatic rings. The van der Waals surface area contributed by atoms with Crippen LogP contribution in [0.2, 0.25) is 0 Å². The number of rotatable bonds is 6. The van der Waals surface area contributed by atoms with Gasteiger partial charge in [-0.1, -0.05) is 34.3 Å². The third-order valence-corrected chi connectivity index (χ3v) is 3.27. The zero-order valence-corrected chi connectivity index (χ0v) is 15.2. The van der Waals surface area contributed by atoms with E-state index in [-0.39, 0.29) is 6.42 Å². The second kappa shape index (κ2) is 8.97. The number of hydrogen-bond donors (Lipinski definition) is 3. The molecule has 0 radical (unpaired) electrons. The van der Waals surface area contributed by atoms with Crippen molar-refractivity contribution in [2.24, 2.45) is 5.73 Å². The molecule has 2 unspecified atom stereocenters. The van der Waals surface area contributed by atoms with Crippen LogP contribution in [-0.2, 0) is 6.42 Å². The van der Waals surface area contributed by atoms with E-state index in [9.17, 15) is 13.9 Å². The van der Waals surface area contributed by atoms with E-state index in [1.807, 2.05) is 0 Å². The van der Waals surface area contributed by atoms with Crippen LogP contribution in [-0.4, -0.2) is 22.8 Å². The molecule has 0 aliphatic carbocycles. The van der Waals surface area contributed by atoms with Crippen LogP contribution in [0, 0.1) is 23.5 Å². The van der Waals surface area contributed by atoms with Crippen molar-refractivity contribution in [3.63, 3.8) is 0 Å². The van der Waals surface area contributed by atoms with Gasteiger partial charge in [0.1, 0.15) is 23.3 Å². The average Bonchev–Trinajstić information content (AvgIpc) is 2.42. The van der Waals surface area contributed by atoms with E-state index in [2.05, 4.69) is 39.7 Å². The minimum atomic E-state index is -1.12. The molecule has 0 saturated carbocycles. The quantitative estimate of drug-likeness (QED) is 0.645. The summed E-state index contributed by atoms with van der Waals surface area (Å²) in [7, 11) is 0. The molecule has 130 valence electrons. The summed E-state index contributed by atoms with van der Waals surface area (Å²) in [5, 5.41) is 12.7. The molecule has 6 heteroatoms. The fourth-order valence-corrected chi connectivity index (χ4v) is 2.18. The summed E-state index contributed by atoms with van der Waals surface area (Å²) in [6.45, 7) is 7.01. The Morgan fingerprint density at radius 3 is 2.50 bits per heavy atom. The lowest BCUT2D eigenvalue weighted by Gasteiger charge is -2.20. The van der Waals surface area contributed by atoms with Crippen LogP contribution in [0.15, 0.2) is 41.5 Å². The summed E-state index contributed by atoms with van der Waals surface area (Å²) < 4.78 is 26.5. The van der Waals surface area contributed by atoms with Crippen molar-refractivity contribution in [3.05, 3.63) is 58.7 Å². The Balaban J connectivity index is 2.77. The van der Waals surface area contributed by atoms with Crippen molar-refractivity contribution in [1.82, 2.24) is 5.32 Å². The summed E-state index contributed by atoms with van der Waals surface area (Å²) in [5.74, 6) is 4.28. The highest BCUT2D eigenvalue weighted by atomic mass is 79.9. The Hall–Kier alpha value is -1.68. The highest BCUT2D eigenvalue weighted by Crippen LogP contribution is 2.12. The first-order chi connectivity index (χ1) is 11.1. The third-order valence-electron chi connectivity index (χ3n) is 2.97. The Bertz CT molecular complexity index is 652. The highest BCUT2D eigenvalue weighted by molar-refractivity contribution is 9.11. The predicted molar refractivity (Wildman–Crippen MR) is 96.2 cm³/mol. The van der Waals surface area contributed by atoms with Crippen LogP contribution in [0.5, 0.6) is 0 Å². The van der Waals surface area contributed by atoms with E-state index in [1.54, 1.807) is 24.9 Å². The number of benzene rings is 1. The van der Waals surface area contributed by atoms with E-state index in [1.165, 1.54) is 12.1 Å². The van der Waals surface area contributed by atoms with Crippen molar-refractivity contribution in [2.45, 2.75) is 38.0 Å². The number of aliphatic hydroxyl groups is 1. The fraction of sp³-hybridized carbons (Fsp3) is 0.333. The lowest BCUT2D eigenvalue weighted by molar-refractivity contribution is 0.143. The molecule has 0 heterocycles. The second-order valence-corrected chi connectivity index (χ2v) is 6.41. The summed E-state index contributed by atoms with van der Waals surface area (Å²) in [6.07, 6.45) is 1.95. The van der Waals surface area contributed by atoms with Crippen LogP contribution in [0.1, 0.15) is 19.4 Å². The molecule has 0 amide bonds. The number of nitrogens with two attached hydrogens (primary N) is 1. The molecule has 1 rings (SSSR count). The van der Waals surface area contributed by atoms with Crippen molar-refractivity contribution in [3.8, 4) is 11.8 Å². The maximum Gasteiger partial charge on any atom is 0.126 e. The molecule has 3 nitrogen and oxygen atoms in total. The first kappa shape index (κ1) is 20.4.